The van der Waals surface area contributed by atoms with Gasteiger partial charge in [-0.3, -0.25) is 9.69 Å². The van der Waals surface area contributed by atoms with Gasteiger partial charge in [-0.2, -0.15) is 13.2 Å². The molecule has 1 aromatic rings. The highest BCUT2D eigenvalue weighted by molar-refractivity contribution is 5.73. The molecule has 1 unspecified atom stereocenters. The molecule has 1 atom stereocenters. The zero-order valence-corrected chi connectivity index (χ0v) is 13.4. The van der Waals surface area contributed by atoms with Gasteiger partial charge in [-0.25, -0.2) is 0 Å². The number of hydrogen-bond acceptors (Lipinski definition) is 3. The Morgan fingerprint density at radius 3 is 2.79 bits per heavy atom. The summed E-state index contributed by atoms with van der Waals surface area (Å²) >= 11 is 0. The molecule has 1 fully saturated rings. The Labute approximate surface area is 139 Å². The van der Waals surface area contributed by atoms with Gasteiger partial charge in [0, 0.05) is 0 Å². The van der Waals surface area contributed by atoms with Gasteiger partial charge in [0.15, 0.2) is 0 Å². The second-order valence-electron chi connectivity index (χ2n) is 5.97. The first kappa shape index (κ1) is 18.6. The molecule has 0 saturated carbocycles. The third-order valence-electron chi connectivity index (χ3n) is 4.17. The lowest BCUT2D eigenvalue weighted by Crippen LogP contribution is -2.45. The molecule has 1 aliphatic rings. The Morgan fingerprint density at radius 1 is 1.29 bits per heavy atom. The number of ether oxygens (including phenoxy) is 1. The first-order valence-electron chi connectivity index (χ1n) is 8.15. The van der Waals surface area contributed by atoms with E-state index in [1.807, 2.05) is 4.90 Å². The van der Waals surface area contributed by atoms with Gasteiger partial charge in [0.2, 0.25) is 0 Å². The summed E-state index contributed by atoms with van der Waals surface area (Å²) in [5.41, 5.74) is -0.724. The van der Waals surface area contributed by atoms with Gasteiger partial charge in [0.1, 0.15) is 11.8 Å². The van der Waals surface area contributed by atoms with Gasteiger partial charge in [-0.15, -0.1) is 0 Å². The highest BCUT2D eigenvalue weighted by atomic mass is 19.4. The molecule has 1 N–H and O–H groups in total. The lowest BCUT2D eigenvalue weighted by atomic mass is 10.0. The van der Waals surface area contributed by atoms with E-state index in [0.717, 1.165) is 37.9 Å². The van der Waals surface area contributed by atoms with Crippen LogP contribution >= 0.6 is 0 Å². The summed E-state index contributed by atoms with van der Waals surface area (Å²) in [4.78, 5) is 13.2. The first-order valence-corrected chi connectivity index (χ1v) is 8.15. The van der Waals surface area contributed by atoms with E-state index in [2.05, 4.69) is 0 Å². The molecule has 134 valence electrons. The van der Waals surface area contributed by atoms with E-state index in [-0.39, 0.29) is 5.75 Å². The molecule has 1 aromatic carbocycles. The van der Waals surface area contributed by atoms with Crippen molar-refractivity contribution in [3.05, 3.63) is 29.8 Å². The number of benzene rings is 1. The van der Waals surface area contributed by atoms with Crippen LogP contribution in [-0.4, -0.2) is 41.7 Å². The van der Waals surface area contributed by atoms with E-state index in [1.54, 1.807) is 0 Å². The number of carbonyl (C=O) groups is 1. The number of piperidine rings is 1. The minimum absolute atomic E-state index is 0.200. The number of halogens is 3. The molecule has 2 rings (SSSR count). The number of carboxylic acids is 1. The summed E-state index contributed by atoms with van der Waals surface area (Å²) in [5, 5.41) is 9.19. The zero-order valence-electron chi connectivity index (χ0n) is 13.4. The maximum Gasteiger partial charge on any atom is 0.416 e. The Bertz CT molecular complexity index is 548. The van der Waals surface area contributed by atoms with Gasteiger partial charge in [0.05, 0.1) is 12.2 Å². The zero-order chi connectivity index (χ0) is 17.6. The molecule has 1 saturated heterocycles. The molecule has 1 aliphatic heterocycles. The summed E-state index contributed by atoms with van der Waals surface area (Å²) in [5.74, 6) is -0.582. The highest BCUT2D eigenvalue weighted by Crippen LogP contribution is 2.31. The second-order valence-corrected chi connectivity index (χ2v) is 5.97. The SMILES string of the molecule is O=C(O)C1CCCCN1CCCCOc1cccc(C(F)(F)F)c1. The fraction of sp³-hybridized carbons (Fsp3) is 0.588. The normalized spacial score (nSPS) is 19.2. The summed E-state index contributed by atoms with van der Waals surface area (Å²) in [6, 6.07) is 4.41. The summed E-state index contributed by atoms with van der Waals surface area (Å²) in [6.45, 7) is 1.77. The maximum atomic E-state index is 12.6. The number of rotatable bonds is 7. The van der Waals surface area contributed by atoms with E-state index < -0.39 is 23.8 Å². The van der Waals surface area contributed by atoms with Crippen molar-refractivity contribution < 1.29 is 27.8 Å². The van der Waals surface area contributed by atoms with Crippen LogP contribution in [0.25, 0.3) is 0 Å². The first-order chi connectivity index (χ1) is 11.4. The number of likely N-dealkylation sites (tertiary alicyclic amines) is 1. The minimum atomic E-state index is -4.38. The molecule has 0 spiro atoms. The Morgan fingerprint density at radius 2 is 2.08 bits per heavy atom. The number of aliphatic carboxylic acids is 1. The van der Waals surface area contributed by atoms with Crippen LogP contribution in [0.1, 0.15) is 37.7 Å². The number of hydrogen-bond donors (Lipinski definition) is 1. The van der Waals surface area contributed by atoms with Crippen LogP contribution in [0.5, 0.6) is 5.75 Å². The van der Waals surface area contributed by atoms with Crippen molar-refractivity contribution in [2.45, 2.75) is 44.3 Å². The molecule has 0 amide bonds. The number of nitrogens with zero attached hydrogens (tertiary/aromatic N) is 1. The van der Waals surface area contributed by atoms with Crippen molar-refractivity contribution in [3.63, 3.8) is 0 Å². The van der Waals surface area contributed by atoms with E-state index in [9.17, 15) is 23.1 Å². The van der Waals surface area contributed by atoms with Gasteiger partial charge in [-0.1, -0.05) is 12.5 Å². The molecule has 0 aromatic heterocycles. The van der Waals surface area contributed by atoms with Gasteiger partial charge >= 0.3 is 12.1 Å². The largest absolute Gasteiger partial charge is 0.494 e. The van der Waals surface area contributed by atoms with Gasteiger partial charge in [-0.05, 0) is 57.0 Å². The molecule has 0 bridgehead atoms. The fourth-order valence-electron chi connectivity index (χ4n) is 2.91. The second kappa shape index (κ2) is 8.37. The van der Waals surface area contributed by atoms with Gasteiger partial charge < -0.3 is 9.84 Å². The maximum absolute atomic E-state index is 12.6. The van der Waals surface area contributed by atoms with Crippen LogP contribution in [0.3, 0.4) is 0 Å². The molecule has 7 heteroatoms. The highest BCUT2D eigenvalue weighted by Gasteiger charge is 2.30. The Hall–Kier alpha value is -1.76. The predicted molar refractivity (Wildman–Crippen MR) is 83.0 cm³/mol. The van der Waals surface area contributed by atoms with Crippen LogP contribution in [0, 0.1) is 0 Å². The topological polar surface area (TPSA) is 49.8 Å². The fourth-order valence-corrected chi connectivity index (χ4v) is 2.91. The number of unbranched alkanes of at least 4 members (excludes halogenated alkanes) is 1. The van der Waals surface area contributed by atoms with Crippen molar-refractivity contribution in [1.29, 1.82) is 0 Å². The standard InChI is InChI=1S/C17H22F3NO3/c18-17(19,20)13-6-5-7-14(12-13)24-11-4-3-10-21-9-2-1-8-15(21)16(22)23/h5-7,12,15H,1-4,8-11H2,(H,22,23). The number of alkyl halides is 3. The molecule has 0 radical (unpaired) electrons. The molecule has 24 heavy (non-hydrogen) atoms. The van der Waals surface area contributed by atoms with Crippen molar-refractivity contribution in [1.82, 2.24) is 4.90 Å². The predicted octanol–water partition coefficient (Wildman–Crippen LogP) is 3.80. The Balaban J connectivity index is 1.72. The monoisotopic (exact) mass is 345 g/mol. The van der Waals surface area contributed by atoms with E-state index in [4.69, 9.17) is 4.74 Å². The summed E-state index contributed by atoms with van der Waals surface area (Å²) in [6.07, 6.45) is -0.339. The smallest absolute Gasteiger partial charge is 0.416 e. The molecular formula is C17H22F3NO3. The van der Waals surface area contributed by atoms with Crippen LogP contribution in [0.15, 0.2) is 24.3 Å². The van der Waals surface area contributed by atoms with E-state index >= 15 is 0 Å². The van der Waals surface area contributed by atoms with E-state index in [0.29, 0.717) is 26.0 Å². The average Bonchev–Trinajstić information content (AvgIpc) is 2.54. The summed E-state index contributed by atoms with van der Waals surface area (Å²) < 4.78 is 43.2. The third kappa shape index (κ3) is 5.40. The van der Waals surface area contributed by atoms with Crippen LogP contribution in [-0.2, 0) is 11.0 Å². The molecule has 1 heterocycles. The third-order valence-corrected chi connectivity index (χ3v) is 4.17. The Kier molecular flexibility index (Phi) is 6.48. The van der Waals surface area contributed by atoms with Crippen molar-refractivity contribution >= 4 is 5.97 Å². The van der Waals surface area contributed by atoms with Crippen molar-refractivity contribution in [3.8, 4) is 5.75 Å². The van der Waals surface area contributed by atoms with Crippen molar-refractivity contribution in [2.24, 2.45) is 0 Å². The molecule has 4 nitrogen and oxygen atoms in total. The minimum Gasteiger partial charge on any atom is -0.494 e. The van der Waals surface area contributed by atoms with Crippen molar-refractivity contribution in [2.75, 3.05) is 19.7 Å². The molecule has 0 aliphatic carbocycles. The molecular weight excluding hydrogens is 323 g/mol. The summed E-state index contributed by atoms with van der Waals surface area (Å²) in [7, 11) is 0. The quantitative estimate of drug-likeness (QED) is 0.764. The lowest BCUT2D eigenvalue weighted by molar-refractivity contribution is -0.144. The number of carboxylic acid groups (broad SMARTS) is 1. The van der Waals surface area contributed by atoms with Crippen LogP contribution < -0.4 is 4.74 Å². The average molecular weight is 345 g/mol. The van der Waals surface area contributed by atoms with Gasteiger partial charge in [0.25, 0.3) is 0 Å². The van der Waals surface area contributed by atoms with Crippen LogP contribution in [0.4, 0.5) is 13.2 Å². The van der Waals surface area contributed by atoms with E-state index in [1.165, 1.54) is 12.1 Å². The lowest BCUT2D eigenvalue weighted by Gasteiger charge is -2.32. The van der Waals surface area contributed by atoms with Crippen LogP contribution in [0.2, 0.25) is 0 Å².